The molecule has 28 heavy (non-hydrogen) atoms. The average Bonchev–Trinajstić information content (AvgIpc) is 2.60. The van der Waals surface area contributed by atoms with E-state index in [1.54, 1.807) is 17.0 Å². The zero-order valence-corrected chi connectivity index (χ0v) is 15.6. The van der Waals surface area contributed by atoms with Gasteiger partial charge in [0.2, 0.25) is 5.91 Å². The van der Waals surface area contributed by atoms with E-state index in [4.69, 9.17) is 15.1 Å². The third-order valence-corrected chi connectivity index (χ3v) is 5.02. The van der Waals surface area contributed by atoms with Crippen molar-refractivity contribution in [3.63, 3.8) is 0 Å². The molecule has 2 heterocycles. The Labute approximate surface area is 162 Å². The standard InChI is InChI=1S/C18H23BN2O7/c1-10(22)13(20)3-5-15(23)21-8-12(9-21)27-14-4-2-11-6-7-19(26)28-17(11)16(14)18(24)25/h2,4,12-13,26H,3,5-9,20H2,1H3,(H,24,25)/t13-/m1/s1. The lowest BCUT2D eigenvalue weighted by molar-refractivity contribution is -0.140. The smallest absolute Gasteiger partial charge is 0.522 e. The molecule has 1 atom stereocenters. The van der Waals surface area contributed by atoms with E-state index >= 15 is 0 Å². The van der Waals surface area contributed by atoms with Gasteiger partial charge in [0.15, 0.2) is 0 Å². The molecular formula is C18H23BN2O7. The number of amides is 1. The molecule has 3 rings (SSSR count). The third-order valence-electron chi connectivity index (χ3n) is 5.02. The maximum absolute atomic E-state index is 12.1. The number of carboxylic acids is 1. The minimum atomic E-state index is -1.20. The highest BCUT2D eigenvalue weighted by Crippen LogP contribution is 2.37. The van der Waals surface area contributed by atoms with Gasteiger partial charge in [-0.3, -0.25) is 9.59 Å². The molecule has 9 nitrogen and oxygen atoms in total. The molecule has 1 aromatic carbocycles. The van der Waals surface area contributed by atoms with Crippen molar-refractivity contribution in [2.24, 2.45) is 5.73 Å². The second-order valence-corrected chi connectivity index (χ2v) is 7.14. The number of benzene rings is 1. The SMILES string of the molecule is CC(=O)[C@H](N)CCC(=O)N1CC(Oc2ccc3c(c2C(=O)O)OB(O)CC3)C1. The number of aryl methyl sites for hydroxylation is 1. The summed E-state index contributed by atoms with van der Waals surface area (Å²) in [7, 11) is -1.04. The first-order valence-electron chi connectivity index (χ1n) is 9.20. The Morgan fingerprint density at radius 3 is 2.75 bits per heavy atom. The van der Waals surface area contributed by atoms with Crippen LogP contribution < -0.4 is 15.1 Å². The lowest BCUT2D eigenvalue weighted by atomic mass is 9.78. The Kier molecular flexibility index (Phi) is 5.90. The molecule has 2 aliphatic rings. The van der Waals surface area contributed by atoms with Crippen molar-refractivity contribution in [1.82, 2.24) is 4.90 Å². The molecule has 0 spiro atoms. The third kappa shape index (κ3) is 4.28. The van der Waals surface area contributed by atoms with Crippen LogP contribution >= 0.6 is 0 Å². The summed E-state index contributed by atoms with van der Waals surface area (Å²) in [6.07, 6.45) is 1.06. The fourth-order valence-corrected chi connectivity index (χ4v) is 3.25. The van der Waals surface area contributed by atoms with E-state index in [2.05, 4.69) is 0 Å². The summed E-state index contributed by atoms with van der Waals surface area (Å²) in [4.78, 5) is 36.5. The van der Waals surface area contributed by atoms with Gasteiger partial charge in [0.05, 0.1) is 19.1 Å². The molecule has 150 valence electrons. The summed E-state index contributed by atoms with van der Waals surface area (Å²) < 4.78 is 11.1. The number of ether oxygens (including phenoxy) is 1. The van der Waals surface area contributed by atoms with Crippen LogP contribution in [-0.2, 0) is 16.0 Å². The van der Waals surface area contributed by atoms with Crippen molar-refractivity contribution in [3.05, 3.63) is 23.3 Å². The highest BCUT2D eigenvalue weighted by molar-refractivity contribution is 6.44. The summed E-state index contributed by atoms with van der Waals surface area (Å²) in [5, 5.41) is 19.3. The van der Waals surface area contributed by atoms with Gasteiger partial charge in [-0.05, 0) is 37.7 Å². The Morgan fingerprint density at radius 2 is 2.11 bits per heavy atom. The van der Waals surface area contributed by atoms with Crippen molar-refractivity contribution in [3.8, 4) is 11.5 Å². The second kappa shape index (κ2) is 8.20. The molecule has 1 aromatic rings. The predicted octanol–water partition coefficient (Wildman–Crippen LogP) is 0.0863. The van der Waals surface area contributed by atoms with Crippen LogP contribution in [0.3, 0.4) is 0 Å². The highest BCUT2D eigenvalue weighted by Gasteiger charge is 2.35. The number of hydrogen-bond donors (Lipinski definition) is 3. The molecule has 4 N–H and O–H groups in total. The first kappa shape index (κ1) is 20.2. The van der Waals surface area contributed by atoms with Crippen LogP contribution in [0, 0.1) is 0 Å². The van der Waals surface area contributed by atoms with Gasteiger partial charge < -0.3 is 30.2 Å². The van der Waals surface area contributed by atoms with Gasteiger partial charge in [0.1, 0.15) is 28.9 Å². The molecule has 0 aromatic heterocycles. The van der Waals surface area contributed by atoms with Crippen LogP contribution in [0.15, 0.2) is 12.1 Å². The van der Waals surface area contributed by atoms with Crippen molar-refractivity contribution in [1.29, 1.82) is 0 Å². The number of Topliss-reactive ketones (excluding diaryl/α,β-unsaturated/α-hetero) is 1. The van der Waals surface area contributed by atoms with Crippen molar-refractivity contribution < 1.29 is 33.9 Å². The summed E-state index contributed by atoms with van der Waals surface area (Å²) in [5.41, 5.74) is 6.23. The van der Waals surface area contributed by atoms with Crippen LogP contribution in [0.25, 0.3) is 0 Å². The molecule has 10 heteroatoms. The van der Waals surface area contributed by atoms with E-state index in [9.17, 15) is 24.5 Å². The number of hydrogen-bond acceptors (Lipinski definition) is 7. The number of nitrogens with two attached hydrogens (primary N) is 1. The van der Waals surface area contributed by atoms with Crippen LogP contribution in [-0.4, -0.2) is 65.0 Å². The Balaban J connectivity index is 1.60. The predicted molar refractivity (Wildman–Crippen MR) is 99.4 cm³/mol. The number of carboxylic acid groups (broad SMARTS) is 1. The van der Waals surface area contributed by atoms with Crippen molar-refractivity contribution in [2.75, 3.05) is 13.1 Å². The summed E-state index contributed by atoms with van der Waals surface area (Å²) in [6.45, 7) is 2.05. The fourth-order valence-electron chi connectivity index (χ4n) is 3.25. The number of carbonyl (C=O) groups is 3. The Morgan fingerprint density at radius 1 is 1.39 bits per heavy atom. The summed E-state index contributed by atoms with van der Waals surface area (Å²) in [5.74, 6) is -1.19. The molecule has 0 bridgehead atoms. The average molecular weight is 390 g/mol. The zero-order valence-electron chi connectivity index (χ0n) is 15.6. The molecule has 0 saturated carbocycles. The van der Waals surface area contributed by atoms with Crippen LogP contribution in [0.5, 0.6) is 11.5 Å². The maximum atomic E-state index is 12.1. The largest absolute Gasteiger partial charge is 0.535 e. The van der Waals surface area contributed by atoms with Gasteiger partial charge in [-0.2, -0.15) is 0 Å². The molecule has 1 fully saturated rings. The van der Waals surface area contributed by atoms with Gasteiger partial charge in [0, 0.05) is 6.42 Å². The number of nitrogens with zero attached hydrogens (tertiary/aromatic N) is 1. The molecule has 2 aliphatic heterocycles. The van der Waals surface area contributed by atoms with Gasteiger partial charge in [0.25, 0.3) is 0 Å². The van der Waals surface area contributed by atoms with E-state index in [0.29, 0.717) is 37.8 Å². The zero-order chi connectivity index (χ0) is 20.4. The van der Waals surface area contributed by atoms with Gasteiger partial charge in [-0.1, -0.05) is 6.07 Å². The van der Waals surface area contributed by atoms with Crippen molar-refractivity contribution in [2.45, 2.75) is 44.7 Å². The van der Waals surface area contributed by atoms with Crippen LogP contribution in [0.2, 0.25) is 6.32 Å². The first-order valence-corrected chi connectivity index (χ1v) is 9.20. The Hall–Kier alpha value is -2.59. The van der Waals surface area contributed by atoms with Gasteiger partial charge >= 0.3 is 13.1 Å². The monoisotopic (exact) mass is 390 g/mol. The number of aromatic carboxylic acids is 1. The van der Waals surface area contributed by atoms with E-state index in [-0.39, 0.29) is 41.3 Å². The molecule has 1 saturated heterocycles. The molecule has 0 unspecified atom stereocenters. The van der Waals surface area contributed by atoms with Crippen LogP contribution in [0.4, 0.5) is 0 Å². The molecular weight excluding hydrogens is 367 g/mol. The van der Waals surface area contributed by atoms with Crippen LogP contribution in [0.1, 0.15) is 35.7 Å². The lowest BCUT2D eigenvalue weighted by Gasteiger charge is -2.39. The number of likely N-dealkylation sites (tertiary alicyclic amines) is 1. The molecule has 0 radical (unpaired) electrons. The quantitative estimate of drug-likeness (QED) is 0.557. The summed E-state index contributed by atoms with van der Waals surface area (Å²) in [6, 6.07) is 2.68. The second-order valence-electron chi connectivity index (χ2n) is 7.14. The first-order chi connectivity index (χ1) is 13.3. The van der Waals surface area contributed by atoms with E-state index in [1.807, 2.05) is 0 Å². The number of ketones is 1. The molecule has 0 aliphatic carbocycles. The fraction of sp³-hybridized carbons (Fsp3) is 0.500. The lowest BCUT2D eigenvalue weighted by Crippen LogP contribution is -2.56. The maximum Gasteiger partial charge on any atom is 0.522 e. The normalized spacial score (nSPS) is 17.2. The summed E-state index contributed by atoms with van der Waals surface area (Å²) >= 11 is 0. The van der Waals surface area contributed by atoms with Gasteiger partial charge in [-0.25, -0.2) is 4.79 Å². The molecule has 1 amide bonds. The highest BCUT2D eigenvalue weighted by atomic mass is 16.5. The van der Waals surface area contributed by atoms with E-state index in [0.717, 1.165) is 0 Å². The minimum absolute atomic E-state index is 0.117. The topological polar surface area (TPSA) is 139 Å². The number of carbonyl (C=O) groups excluding carboxylic acids is 2. The Bertz CT molecular complexity index is 794. The number of fused-ring (bicyclic) bond motifs is 1. The van der Waals surface area contributed by atoms with Crippen molar-refractivity contribution >= 4 is 24.8 Å². The minimum Gasteiger partial charge on any atom is -0.535 e. The van der Waals surface area contributed by atoms with E-state index in [1.165, 1.54) is 6.92 Å². The number of rotatable bonds is 7. The van der Waals surface area contributed by atoms with Gasteiger partial charge in [-0.15, -0.1) is 0 Å². The van der Waals surface area contributed by atoms with E-state index < -0.39 is 19.1 Å².